The van der Waals surface area contributed by atoms with Crippen molar-refractivity contribution in [3.05, 3.63) is 30.2 Å². The zero-order valence-corrected chi connectivity index (χ0v) is 15.8. The Morgan fingerprint density at radius 1 is 1.39 bits per heavy atom. The highest BCUT2D eigenvalue weighted by Crippen LogP contribution is 2.53. The molecule has 2 N–H and O–H groups in total. The molecule has 28 heavy (non-hydrogen) atoms. The topological polar surface area (TPSA) is 96.5 Å². The predicted octanol–water partition coefficient (Wildman–Crippen LogP) is 1.79. The lowest BCUT2D eigenvalue weighted by molar-refractivity contribution is -0.171. The number of piperidine rings is 1. The summed E-state index contributed by atoms with van der Waals surface area (Å²) in [6.07, 6.45) is 4.16. The Labute approximate surface area is 162 Å². The maximum Gasteiger partial charge on any atom is 0.410 e. The van der Waals surface area contributed by atoms with Gasteiger partial charge in [-0.25, -0.2) is 4.79 Å². The van der Waals surface area contributed by atoms with Gasteiger partial charge >= 0.3 is 6.09 Å². The van der Waals surface area contributed by atoms with Gasteiger partial charge in [-0.2, -0.15) is 0 Å². The average Bonchev–Trinajstić information content (AvgIpc) is 3.05. The second-order valence-electron chi connectivity index (χ2n) is 8.40. The van der Waals surface area contributed by atoms with Gasteiger partial charge in [0.15, 0.2) is 5.60 Å². The van der Waals surface area contributed by atoms with E-state index in [9.17, 15) is 9.59 Å². The maximum atomic E-state index is 12.3. The molecule has 1 aliphatic carbocycles. The number of amides is 2. The van der Waals surface area contributed by atoms with Crippen molar-refractivity contribution in [1.82, 2.24) is 20.2 Å². The summed E-state index contributed by atoms with van der Waals surface area (Å²) in [7, 11) is 0. The Kier molecular flexibility index (Phi) is 4.04. The van der Waals surface area contributed by atoms with Crippen LogP contribution in [-0.4, -0.2) is 65.3 Å². The minimum atomic E-state index is -0.452. The highest BCUT2D eigenvalue weighted by atomic mass is 16.6. The van der Waals surface area contributed by atoms with Gasteiger partial charge < -0.3 is 24.7 Å². The van der Waals surface area contributed by atoms with E-state index < -0.39 is 5.60 Å². The van der Waals surface area contributed by atoms with Crippen molar-refractivity contribution in [2.24, 2.45) is 17.8 Å². The van der Waals surface area contributed by atoms with Gasteiger partial charge in [0.1, 0.15) is 5.69 Å². The van der Waals surface area contributed by atoms with Crippen LogP contribution in [-0.2, 0) is 9.47 Å². The monoisotopic (exact) mass is 384 g/mol. The number of pyridine rings is 1. The summed E-state index contributed by atoms with van der Waals surface area (Å²) in [5, 5.41) is 3.92. The normalized spacial score (nSPS) is 27.2. The molecule has 2 aromatic heterocycles. The number of fused-ring (bicyclic) bond motifs is 2. The van der Waals surface area contributed by atoms with Crippen molar-refractivity contribution >= 4 is 22.9 Å². The lowest BCUT2D eigenvalue weighted by atomic mass is 10.1. The van der Waals surface area contributed by atoms with E-state index in [1.807, 2.05) is 24.0 Å². The molecule has 0 unspecified atom stereocenters. The van der Waals surface area contributed by atoms with E-state index in [1.54, 1.807) is 12.4 Å². The minimum Gasteiger partial charge on any atom is -0.438 e. The van der Waals surface area contributed by atoms with E-state index in [2.05, 4.69) is 15.3 Å². The van der Waals surface area contributed by atoms with E-state index in [4.69, 9.17) is 9.47 Å². The molecular weight excluding hydrogens is 360 g/mol. The first-order valence-electron chi connectivity index (χ1n) is 9.79. The first kappa shape index (κ1) is 17.5. The minimum absolute atomic E-state index is 0.0943. The van der Waals surface area contributed by atoms with Gasteiger partial charge in [-0.3, -0.25) is 9.78 Å². The zero-order valence-electron chi connectivity index (χ0n) is 15.8. The number of hydrogen-bond donors (Lipinski definition) is 2. The number of likely N-dealkylation sites (tertiary alicyclic amines) is 1. The molecular formula is C20H24N4O4. The smallest absolute Gasteiger partial charge is 0.410 e. The number of nitrogens with zero attached hydrogens (tertiary/aromatic N) is 2. The second kappa shape index (κ2) is 6.48. The van der Waals surface area contributed by atoms with Crippen LogP contribution in [0.15, 0.2) is 24.5 Å². The number of nitrogens with one attached hydrogen (secondary N) is 2. The maximum absolute atomic E-state index is 12.3. The predicted molar refractivity (Wildman–Crippen MR) is 101 cm³/mol. The van der Waals surface area contributed by atoms with Crippen LogP contribution < -0.4 is 5.32 Å². The summed E-state index contributed by atoms with van der Waals surface area (Å²) in [6, 6.07) is 3.67. The number of hydrogen-bond acceptors (Lipinski definition) is 5. The molecule has 2 amide bonds. The second-order valence-corrected chi connectivity index (χ2v) is 8.40. The SMILES string of the molecule is CC1(OC(=O)N2C[C@@H]3[C@@H](CCNC(=O)c4cc5cnccc5[nH]4)[C@@H]3C2)COC1. The van der Waals surface area contributed by atoms with Crippen LogP contribution in [0.25, 0.3) is 10.9 Å². The Morgan fingerprint density at radius 2 is 2.18 bits per heavy atom. The van der Waals surface area contributed by atoms with Crippen molar-refractivity contribution in [3.8, 4) is 0 Å². The molecule has 0 bridgehead atoms. The Balaban J connectivity index is 1.06. The summed E-state index contributed by atoms with van der Waals surface area (Å²) in [4.78, 5) is 33.6. The van der Waals surface area contributed by atoms with Crippen LogP contribution in [0.5, 0.6) is 0 Å². The number of aromatic nitrogens is 2. The van der Waals surface area contributed by atoms with Crippen LogP contribution >= 0.6 is 0 Å². The van der Waals surface area contributed by atoms with Crippen LogP contribution in [0.1, 0.15) is 23.8 Å². The van der Waals surface area contributed by atoms with Crippen molar-refractivity contribution in [2.45, 2.75) is 18.9 Å². The van der Waals surface area contributed by atoms with E-state index in [1.165, 1.54) is 0 Å². The van der Waals surface area contributed by atoms with Crippen LogP contribution in [0.3, 0.4) is 0 Å². The third-order valence-corrected chi connectivity index (χ3v) is 6.21. The van der Waals surface area contributed by atoms with Gasteiger partial charge in [-0.1, -0.05) is 0 Å². The van der Waals surface area contributed by atoms with E-state index in [-0.39, 0.29) is 12.0 Å². The zero-order chi connectivity index (χ0) is 19.3. The molecule has 5 rings (SSSR count). The number of H-pyrrole nitrogens is 1. The van der Waals surface area contributed by atoms with Gasteiger partial charge in [0.25, 0.3) is 5.91 Å². The van der Waals surface area contributed by atoms with Crippen LogP contribution in [0, 0.1) is 17.8 Å². The quantitative estimate of drug-likeness (QED) is 0.819. The molecule has 8 heteroatoms. The van der Waals surface area contributed by atoms with Crippen molar-refractivity contribution in [1.29, 1.82) is 0 Å². The molecule has 2 aromatic rings. The first-order chi connectivity index (χ1) is 13.5. The third kappa shape index (κ3) is 3.11. The van der Waals surface area contributed by atoms with Crippen LogP contribution in [0.4, 0.5) is 4.79 Å². The fraction of sp³-hybridized carbons (Fsp3) is 0.550. The molecule has 0 spiro atoms. The largest absolute Gasteiger partial charge is 0.438 e. The molecule has 2 aliphatic heterocycles. The van der Waals surface area contributed by atoms with E-state index >= 15 is 0 Å². The molecule has 148 valence electrons. The molecule has 3 fully saturated rings. The molecule has 4 heterocycles. The van der Waals surface area contributed by atoms with Crippen molar-refractivity contribution in [2.75, 3.05) is 32.8 Å². The van der Waals surface area contributed by atoms with Gasteiger partial charge in [-0.05, 0) is 43.2 Å². The summed E-state index contributed by atoms with van der Waals surface area (Å²) in [6.45, 7) is 5.02. The lowest BCUT2D eigenvalue weighted by Crippen LogP contribution is -2.52. The highest BCUT2D eigenvalue weighted by molar-refractivity contribution is 5.97. The van der Waals surface area contributed by atoms with E-state index in [0.717, 1.165) is 30.4 Å². The Morgan fingerprint density at radius 3 is 2.86 bits per heavy atom. The first-order valence-corrected chi connectivity index (χ1v) is 9.79. The molecule has 8 nitrogen and oxygen atoms in total. The molecule has 0 radical (unpaired) electrons. The van der Waals surface area contributed by atoms with Gasteiger partial charge in [0.2, 0.25) is 0 Å². The molecule has 1 saturated carbocycles. The average molecular weight is 384 g/mol. The molecule has 2 saturated heterocycles. The van der Waals surface area contributed by atoms with Gasteiger partial charge in [-0.15, -0.1) is 0 Å². The molecule has 3 atom stereocenters. The summed E-state index contributed by atoms with van der Waals surface area (Å²) < 4.78 is 10.7. The lowest BCUT2D eigenvalue weighted by Gasteiger charge is -2.38. The third-order valence-electron chi connectivity index (χ3n) is 6.21. The number of carbonyl (C=O) groups is 2. The number of carbonyl (C=O) groups excluding carboxylic acids is 2. The van der Waals surface area contributed by atoms with E-state index in [0.29, 0.717) is 43.2 Å². The highest BCUT2D eigenvalue weighted by Gasteiger charge is 2.56. The Bertz CT molecular complexity index is 877. The number of ether oxygens (including phenoxy) is 2. The number of aromatic amines is 1. The summed E-state index contributed by atoms with van der Waals surface area (Å²) >= 11 is 0. The molecule has 0 aromatic carbocycles. The van der Waals surface area contributed by atoms with Gasteiger partial charge in [0.05, 0.1) is 13.2 Å². The number of rotatable bonds is 5. The summed E-state index contributed by atoms with van der Waals surface area (Å²) in [5.41, 5.74) is 1.01. The van der Waals surface area contributed by atoms with Crippen LogP contribution in [0.2, 0.25) is 0 Å². The fourth-order valence-electron chi connectivity index (χ4n) is 4.49. The standard InChI is InChI=1S/C20H24N4O4/c1-20(10-27-11-20)28-19(26)24-8-14-13(15(14)9-24)2-5-22-18(25)17-6-12-7-21-4-3-16(12)23-17/h3-4,6-7,13-15,23H,2,5,8-11H2,1H3,(H,22,25)/t13-,14-,15+. The van der Waals surface area contributed by atoms with Crippen molar-refractivity contribution < 1.29 is 19.1 Å². The van der Waals surface area contributed by atoms with Crippen molar-refractivity contribution in [3.63, 3.8) is 0 Å². The Hall–Kier alpha value is -2.61. The van der Waals surface area contributed by atoms with Gasteiger partial charge in [0, 0.05) is 42.9 Å². The molecule has 3 aliphatic rings. The summed E-state index contributed by atoms with van der Waals surface area (Å²) in [5.74, 6) is 1.56. The fourth-order valence-corrected chi connectivity index (χ4v) is 4.49.